The molecule has 3 aromatic heterocycles. The van der Waals surface area contributed by atoms with Crippen LogP contribution in [0.2, 0.25) is 0 Å². The highest BCUT2D eigenvalue weighted by Gasteiger charge is 2.14. The lowest BCUT2D eigenvalue weighted by Gasteiger charge is -2.04. The first-order valence-electron chi connectivity index (χ1n) is 6.72. The molecule has 21 heavy (non-hydrogen) atoms. The summed E-state index contributed by atoms with van der Waals surface area (Å²) in [7, 11) is 0. The number of imidazole rings is 1. The van der Waals surface area contributed by atoms with Crippen molar-refractivity contribution in [1.82, 2.24) is 24.9 Å². The highest BCUT2D eigenvalue weighted by atomic mass is 32.1. The minimum atomic E-state index is -0.198. The standard InChI is InChI=1S/C14H15N5OS/c1-3-12-18-19-11(9(2)17-14(19)21-12)8-16-13(20)10-6-4-5-7-15-10/h4-7H,3,8H2,1-2H3,(H,16,20). The average molecular weight is 301 g/mol. The summed E-state index contributed by atoms with van der Waals surface area (Å²) in [6.45, 7) is 4.37. The Balaban J connectivity index is 1.80. The molecule has 0 aliphatic heterocycles. The van der Waals surface area contributed by atoms with Crippen LogP contribution in [0.5, 0.6) is 0 Å². The van der Waals surface area contributed by atoms with Gasteiger partial charge in [-0.3, -0.25) is 9.78 Å². The van der Waals surface area contributed by atoms with Gasteiger partial charge in [-0.2, -0.15) is 5.10 Å². The van der Waals surface area contributed by atoms with E-state index in [9.17, 15) is 4.79 Å². The van der Waals surface area contributed by atoms with E-state index in [1.54, 1.807) is 35.7 Å². The quantitative estimate of drug-likeness (QED) is 0.800. The van der Waals surface area contributed by atoms with Gasteiger partial charge >= 0.3 is 0 Å². The molecule has 0 aliphatic rings. The van der Waals surface area contributed by atoms with Crippen LogP contribution >= 0.6 is 11.3 Å². The van der Waals surface area contributed by atoms with Crippen molar-refractivity contribution in [3.63, 3.8) is 0 Å². The van der Waals surface area contributed by atoms with E-state index in [0.717, 1.165) is 27.8 Å². The van der Waals surface area contributed by atoms with Crippen LogP contribution in [0.25, 0.3) is 4.96 Å². The highest BCUT2D eigenvalue weighted by Crippen LogP contribution is 2.18. The van der Waals surface area contributed by atoms with Crippen molar-refractivity contribution in [3.05, 3.63) is 46.5 Å². The predicted octanol–water partition coefficient (Wildman–Crippen LogP) is 1.99. The van der Waals surface area contributed by atoms with Gasteiger partial charge < -0.3 is 5.32 Å². The lowest BCUT2D eigenvalue weighted by Crippen LogP contribution is -2.24. The second-order valence-electron chi connectivity index (χ2n) is 4.59. The summed E-state index contributed by atoms with van der Waals surface area (Å²) in [5, 5.41) is 8.41. The molecule has 1 amide bonds. The molecule has 6 nitrogen and oxygen atoms in total. The van der Waals surface area contributed by atoms with E-state index in [-0.39, 0.29) is 5.91 Å². The number of aromatic nitrogens is 4. The molecule has 7 heteroatoms. The number of hydrogen-bond donors (Lipinski definition) is 1. The Hall–Kier alpha value is -2.28. The van der Waals surface area contributed by atoms with Gasteiger partial charge in [-0.15, -0.1) is 0 Å². The predicted molar refractivity (Wildman–Crippen MR) is 80.4 cm³/mol. The van der Waals surface area contributed by atoms with Gasteiger partial charge in [0.25, 0.3) is 5.91 Å². The smallest absolute Gasteiger partial charge is 0.270 e. The Morgan fingerprint density at radius 2 is 2.29 bits per heavy atom. The lowest BCUT2D eigenvalue weighted by atomic mass is 10.3. The first kappa shape index (κ1) is 13.7. The molecule has 0 aromatic carbocycles. The Labute approximate surface area is 125 Å². The van der Waals surface area contributed by atoms with Crippen molar-refractivity contribution in [2.24, 2.45) is 0 Å². The topological polar surface area (TPSA) is 72.2 Å². The SMILES string of the molecule is CCc1nn2c(CNC(=O)c3ccccn3)c(C)nc2s1. The van der Waals surface area contributed by atoms with Crippen molar-refractivity contribution in [2.45, 2.75) is 26.8 Å². The Kier molecular flexibility index (Phi) is 3.66. The van der Waals surface area contributed by atoms with E-state index < -0.39 is 0 Å². The summed E-state index contributed by atoms with van der Waals surface area (Å²) in [6, 6.07) is 5.26. The van der Waals surface area contributed by atoms with Crippen LogP contribution < -0.4 is 5.32 Å². The third-order valence-corrected chi connectivity index (χ3v) is 4.21. The van der Waals surface area contributed by atoms with Crippen LogP contribution in [0.3, 0.4) is 0 Å². The maximum absolute atomic E-state index is 12.0. The van der Waals surface area contributed by atoms with Gasteiger partial charge in [0.2, 0.25) is 4.96 Å². The number of nitrogens with zero attached hydrogens (tertiary/aromatic N) is 4. The molecule has 0 radical (unpaired) electrons. The summed E-state index contributed by atoms with van der Waals surface area (Å²) < 4.78 is 1.82. The van der Waals surface area contributed by atoms with Crippen molar-refractivity contribution >= 4 is 22.2 Å². The fraction of sp³-hybridized carbons (Fsp3) is 0.286. The Morgan fingerprint density at radius 1 is 1.43 bits per heavy atom. The molecule has 3 heterocycles. The summed E-state index contributed by atoms with van der Waals surface area (Å²) in [6.07, 6.45) is 2.48. The van der Waals surface area contributed by atoms with Crippen LogP contribution in [-0.2, 0) is 13.0 Å². The van der Waals surface area contributed by atoms with Crippen molar-refractivity contribution in [1.29, 1.82) is 0 Å². The number of pyridine rings is 1. The third-order valence-electron chi connectivity index (χ3n) is 3.15. The largest absolute Gasteiger partial charge is 0.345 e. The molecule has 0 aliphatic carbocycles. The fourth-order valence-corrected chi connectivity index (χ4v) is 2.93. The average Bonchev–Trinajstić information content (AvgIpc) is 3.02. The number of rotatable bonds is 4. The van der Waals surface area contributed by atoms with Gasteiger partial charge in [-0.25, -0.2) is 9.50 Å². The maximum Gasteiger partial charge on any atom is 0.270 e. The number of carbonyl (C=O) groups is 1. The molecule has 0 saturated carbocycles. The Morgan fingerprint density at radius 3 is 3.00 bits per heavy atom. The second-order valence-corrected chi connectivity index (χ2v) is 5.63. The lowest BCUT2D eigenvalue weighted by molar-refractivity contribution is 0.0945. The molecule has 0 unspecified atom stereocenters. The first-order chi connectivity index (χ1) is 10.2. The van der Waals surface area contributed by atoms with E-state index in [2.05, 4.69) is 27.3 Å². The summed E-state index contributed by atoms with van der Waals surface area (Å²) in [5.41, 5.74) is 2.20. The zero-order chi connectivity index (χ0) is 14.8. The van der Waals surface area contributed by atoms with Gasteiger partial charge in [-0.05, 0) is 25.5 Å². The minimum Gasteiger partial charge on any atom is -0.345 e. The number of hydrogen-bond acceptors (Lipinski definition) is 5. The number of carbonyl (C=O) groups excluding carboxylic acids is 1. The first-order valence-corrected chi connectivity index (χ1v) is 7.54. The van der Waals surface area contributed by atoms with Crippen LogP contribution in [0.4, 0.5) is 0 Å². The second kappa shape index (κ2) is 5.61. The van der Waals surface area contributed by atoms with E-state index in [1.807, 2.05) is 11.4 Å². The highest BCUT2D eigenvalue weighted by molar-refractivity contribution is 7.16. The van der Waals surface area contributed by atoms with Crippen LogP contribution in [0, 0.1) is 6.92 Å². The third kappa shape index (κ3) is 2.64. The van der Waals surface area contributed by atoms with Gasteiger partial charge in [0.1, 0.15) is 10.7 Å². The van der Waals surface area contributed by atoms with E-state index >= 15 is 0 Å². The van der Waals surface area contributed by atoms with Gasteiger partial charge in [-0.1, -0.05) is 24.3 Å². The van der Waals surface area contributed by atoms with E-state index in [0.29, 0.717) is 12.2 Å². The van der Waals surface area contributed by atoms with Crippen molar-refractivity contribution in [2.75, 3.05) is 0 Å². The van der Waals surface area contributed by atoms with Gasteiger partial charge in [0.15, 0.2) is 0 Å². The number of nitrogens with one attached hydrogen (secondary N) is 1. The van der Waals surface area contributed by atoms with Crippen molar-refractivity contribution < 1.29 is 4.79 Å². The summed E-state index contributed by atoms with van der Waals surface area (Å²) in [4.78, 5) is 21.4. The van der Waals surface area contributed by atoms with Crippen LogP contribution in [0.15, 0.2) is 24.4 Å². The molecule has 3 rings (SSSR count). The summed E-state index contributed by atoms with van der Waals surface area (Å²) >= 11 is 1.58. The molecule has 3 aromatic rings. The Bertz CT molecular complexity index is 777. The molecule has 0 saturated heterocycles. The van der Waals surface area contributed by atoms with Crippen LogP contribution in [0.1, 0.15) is 33.8 Å². The molecule has 0 spiro atoms. The molecular weight excluding hydrogens is 286 g/mol. The monoisotopic (exact) mass is 301 g/mol. The van der Waals surface area contributed by atoms with Crippen molar-refractivity contribution in [3.8, 4) is 0 Å². The zero-order valence-corrected chi connectivity index (χ0v) is 12.6. The number of amides is 1. The molecule has 0 bridgehead atoms. The normalized spacial score (nSPS) is 11.0. The fourth-order valence-electron chi connectivity index (χ4n) is 2.03. The maximum atomic E-state index is 12.0. The van der Waals surface area contributed by atoms with Gasteiger partial charge in [0.05, 0.1) is 17.9 Å². The van der Waals surface area contributed by atoms with E-state index in [4.69, 9.17) is 0 Å². The number of fused-ring (bicyclic) bond motifs is 1. The molecule has 108 valence electrons. The zero-order valence-electron chi connectivity index (χ0n) is 11.8. The minimum absolute atomic E-state index is 0.198. The number of aryl methyl sites for hydroxylation is 2. The van der Waals surface area contributed by atoms with E-state index in [1.165, 1.54) is 0 Å². The molecule has 0 fully saturated rings. The molecule has 1 N–H and O–H groups in total. The van der Waals surface area contributed by atoms with Gasteiger partial charge in [0, 0.05) is 6.20 Å². The molecular formula is C14H15N5OS. The van der Waals surface area contributed by atoms with Crippen LogP contribution in [-0.4, -0.2) is 25.5 Å². The molecule has 0 atom stereocenters. The summed E-state index contributed by atoms with van der Waals surface area (Å²) in [5.74, 6) is -0.198.